The Morgan fingerprint density at radius 1 is 0.810 bits per heavy atom. The Balaban J connectivity index is 2.22. The predicted octanol–water partition coefficient (Wildman–Crippen LogP) is 5.93. The minimum atomic E-state index is 0.610. The van der Waals surface area contributed by atoms with Gasteiger partial charge in [-0.25, -0.2) is 0 Å². The molecule has 0 saturated carbocycles. The molecule has 0 aliphatic carbocycles. The van der Waals surface area contributed by atoms with Gasteiger partial charge in [-0.1, -0.05) is 79.0 Å². The zero-order chi connectivity index (χ0) is 15.1. The molecular weight excluding hydrogens is 324 g/mol. The molecular formula is C19H23BrO. The summed E-state index contributed by atoms with van der Waals surface area (Å²) in [5.41, 5.74) is 3.84. The van der Waals surface area contributed by atoms with Crippen LogP contribution in [0.25, 0.3) is 0 Å². The second kappa shape index (κ2) is 8.23. The molecule has 0 atom stereocenters. The molecule has 0 saturated heterocycles. The summed E-state index contributed by atoms with van der Waals surface area (Å²) in [6.45, 7) is 5.03. The van der Waals surface area contributed by atoms with Gasteiger partial charge < -0.3 is 4.74 Å². The van der Waals surface area contributed by atoms with Gasteiger partial charge in [0.15, 0.2) is 0 Å². The molecule has 0 unspecified atom stereocenters. The normalized spacial score (nSPS) is 10.6. The zero-order valence-electron chi connectivity index (χ0n) is 12.9. The average molecular weight is 347 g/mol. The van der Waals surface area contributed by atoms with Gasteiger partial charge in [-0.3, -0.25) is 0 Å². The summed E-state index contributed by atoms with van der Waals surface area (Å²) in [4.78, 5) is 0. The molecule has 0 fully saturated rings. The maximum Gasteiger partial charge on any atom is 0.126 e. The molecule has 2 rings (SSSR count). The van der Waals surface area contributed by atoms with Gasteiger partial charge in [0.25, 0.3) is 0 Å². The van der Waals surface area contributed by atoms with Crippen LogP contribution in [0.2, 0.25) is 0 Å². The van der Waals surface area contributed by atoms with Gasteiger partial charge in [0.05, 0.1) is 0 Å². The van der Waals surface area contributed by atoms with Crippen LogP contribution in [0.1, 0.15) is 43.4 Å². The molecule has 0 amide bonds. The third-order valence-corrected chi connectivity index (χ3v) is 4.32. The van der Waals surface area contributed by atoms with Gasteiger partial charge in [0, 0.05) is 10.0 Å². The van der Waals surface area contributed by atoms with Crippen molar-refractivity contribution in [3.63, 3.8) is 0 Å². The topological polar surface area (TPSA) is 9.23 Å². The monoisotopic (exact) mass is 346 g/mol. The van der Waals surface area contributed by atoms with Crippen LogP contribution in [-0.4, -0.2) is 0 Å². The fourth-order valence-electron chi connectivity index (χ4n) is 2.52. The number of halogens is 1. The van der Waals surface area contributed by atoms with Crippen LogP contribution in [0.4, 0.5) is 0 Å². The van der Waals surface area contributed by atoms with E-state index >= 15 is 0 Å². The molecule has 1 nitrogen and oxygen atoms in total. The summed E-state index contributed by atoms with van der Waals surface area (Å²) in [7, 11) is 0. The molecule has 0 aromatic heterocycles. The summed E-state index contributed by atoms with van der Waals surface area (Å²) in [5.74, 6) is 1.09. The highest BCUT2D eigenvalue weighted by molar-refractivity contribution is 9.10. The Labute approximate surface area is 136 Å². The first-order valence-electron chi connectivity index (χ1n) is 7.73. The summed E-state index contributed by atoms with van der Waals surface area (Å²) >= 11 is 3.59. The van der Waals surface area contributed by atoms with Gasteiger partial charge in [-0.15, -0.1) is 0 Å². The lowest BCUT2D eigenvalue weighted by Gasteiger charge is -2.16. The van der Waals surface area contributed by atoms with E-state index in [9.17, 15) is 0 Å². The Hall–Kier alpha value is -1.28. The smallest absolute Gasteiger partial charge is 0.126 e. The zero-order valence-corrected chi connectivity index (χ0v) is 14.4. The molecule has 0 radical (unpaired) electrons. The summed E-state index contributed by atoms with van der Waals surface area (Å²) in [6, 6.07) is 14.8. The SMILES string of the molecule is CCCc1cccc(CCC)c1OCc1ccccc1Br. The molecule has 2 heteroatoms. The van der Waals surface area contributed by atoms with Crippen molar-refractivity contribution in [1.29, 1.82) is 0 Å². The fourth-order valence-corrected chi connectivity index (χ4v) is 2.92. The van der Waals surface area contributed by atoms with Gasteiger partial charge >= 0.3 is 0 Å². The highest BCUT2D eigenvalue weighted by Crippen LogP contribution is 2.28. The summed E-state index contributed by atoms with van der Waals surface area (Å²) in [6.07, 6.45) is 4.42. The molecule has 2 aromatic carbocycles. The highest BCUT2D eigenvalue weighted by atomic mass is 79.9. The maximum absolute atomic E-state index is 6.21. The second-order valence-electron chi connectivity index (χ2n) is 5.29. The van der Waals surface area contributed by atoms with Crippen molar-refractivity contribution >= 4 is 15.9 Å². The van der Waals surface area contributed by atoms with Gasteiger partial charge in [0.1, 0.15) is 12.4 Å². The van der Waals surface area contributed by atoms with E-state index in [0.717, 1.165) is 35.9 Å². The van der Waals surface area contributed by atoms with Crippen molar-refractivity contribution in [3.8, 4) is 5.75 Å². The number of para-hydroxylation sites is 1. The Bertz CT molecular complexity index is 553. The molecule has 0 heterocycles. The average Bonchev–Trinajstić information content (AvgIpc) is 2.49. The number of ether oxygens (including phenoxy) is 1. The first kappa shape index (κ1) is 16.1. The van der Waals surface area contributed by atoms with E-state index in [0.29, 0.717) is 6.61 Å². The van der Waals surface area contributed by atoms with Crippen LogP contribution in [0.3, 0.4) is 0 Å². The Morgan fingerprint density at radius 2 is 1.38 bits per heavy atom. The van der Waals surface area contributed by atoms with Crippen LogP contribution in [-0.2, 0) is 19.4 Å². The maximum atomic E-state index is 6.21. The van der Waals surface area contributed by atoms with Crippen molar-refractivity contribution in [1.82, 2.24) is 0 Å². The van der Waals surface area contributed by atoms with E-state index in [1.165, 1.54) is 16.7 Å². The Kier molecular flexibility index (Phi) is 6.31. The lowest BCUT2D eigenvalue weighted by molar-refractivity contribution is 0.298. The molecule has 0 aliphatic rings. The number of benzene rings is 2. The molecule has 0 spiro atoms. The van der Waals surface area contributed by atoms with E-state index in [1.807, 2.05) is 12.1 Å². The van der Waals surface area contributed by atoms with Crippen molar-refractivity contribution in [2.45, 2.75) is 46.1 Å². The molecule has 0 N–H and O–H groups in total. The molecule has 21 heavy (non-hydrogen) atoms. The lowest BCUT2D eigenvalue weighted by atomic mass is 10.0. The molecule has 0 aliphatic heterocycles. The number of hydrogen-bond donors (Lipinski definition) is 0. The highest BCUT2D eigenvalue weighted by Gasteiger charge is 2.10. The van der Waals surface area contributed by atoms with E-state index in [1.54, 1.807) is 0 Å². The van der Waals surface area contributed by atoms with E-state index in [2.05, 4.69) is 60.1 Å². The van der Waals surface area contributed by atoms with E-state index in [-0.39, 0.29) is 0 Å². The van der Waals surface area contributed by atoms with Gasteiger partial charge in [-0.05, 0) is 30.0 Å². The molecule has 0 bridgehead atoms. The minimum absolute atomic E-state index is 0.610. The van der Waals surface area contributed by atoms with Crippen LogP contribution >= 0.6 is 15.9 Å². The van der Waals surface area contributed by atoms with Gasteiger partial charge in [-0.2, -0.15) is 0 Å². The van der Waals surface area contributed by atoms with Crippen LogP contribution in [0, 0.1) is 0 Å². The second-order valence-corrected chi connectivity index (χ2v) is 6.14. The minimum Gasteiger partial charge on any atom is -0.488 e. The van der Waals surface area contributed by atoms with Crippen LogP contribution in [0.5, 0.6) is 5.75 Å². The van der Waals surface area contributed by atoms with Crippen molar-refractivity contribution in [2.75, 3.05) is 0 Å². The summed E-state index contributed by atoms with van der Waals surface area (Å²) < 4.78 is 7.32. The third-order valence-electron chi connectivity index (χ3n) is 3.55. The predicted molar refractivity (Wildman–Crippen MR) is 92.9 cm³/mol. The summed E-state index contributed by atoms with van der Waals surface area (Å²) in [5, 5.41) is 0. The van der Waals surface area contributed by atoms with Crippen molar-refractivity contribution < 1.29 is 4.74 Å². The van der Waals surface area contributed by atoms with E-state index in [4.69, 9.17) is 4.74 Å². The van der Waals surface area contributed by atoms with Gasteiger partial charge in [0.2, 0.25) is 0 Å². The lowest BCUT2D eigenvalue weighted by Crippen LogP contribution is -2.03. The van der Waals surface area contributed by atoms with Crippen molar-refractivity contribution in [3.05, 3.63) is 63.6 Å². The third kappa shape index (κ3) is 4.34. The molecule has 112 valence electrons. The fraction of sp³-hybridized carbons (Fsp3) is 0.368. The number of hydrogen-bond acceptors (Lipinski definition) is 1. The first-order valence-corrected chi connectivity index (χ1v) is 8.52. The Morgan fingerprint density at radius 3 is 1.95 bits per heavy atom. The number of aryl methyl sites for hydroxylation is 2. The van der Waals surface area contributed by atoms with Crippen molar-refractivity contribution in [2.24, 2.45) is 0 Å². The molecule has 2 aromatic rings. The quantitative estimate of drug-likeness (QED) is 0.603. The standard InChI is InChI=1S/C19H23BrO/c1-3-8-15-11-7-12-16(9-4-2)19(15)21-14-17-10-5-6-13-18(17)20/h5-7,10-13H,3-4,8-9,14H2,1-2H3. The van der Waals surface area contributed by atoms with E-state index < -0.39 is 0 Å². The van der Waals surface area contributed by atoms with Crippen LogP contribution < -0.4 is 4.74 Å². The van der Waals surface area contributed by atoms with Crippen LogP contribution in [0.15, 0.2) is 46.9 Å². The largest absolute Gasteiger partial charge is 0.488 e. The number of rotatable bonds is 7. The first-order chi connectivity index (χ1) is 10.3.